The number of Topliss-reactive ketones (excluding diaryl/α,β-unsaturated/α-hetero) is 1. The molecule has 30 heavy (non-hydrogen) atoms. The molecule has 1 aliphatic rings. The first kappa shape index (κ1) is 19.6. The molecule has 3 aromatic rings. The molecule has 1 aliphatic heterocycles. The lowest BCUT2D eigenvalue weighted by atomic mass is 9.89. The number of ether oxygens (including phenoxy) is 1. The summed E-state index contributed by atoms with van der Waals surface area (Å²) >= 11 is 0. The normalized spacial score (nSPS) is 16.1. The molecule has 0 unspecified atom stereocenters. The first-order valence-electron chi connectivity index (χ1n) is 9.95. The molecule has 1 aromatic heterocycles. The summed E-state index contributed by atoms with van der Waals surface area (Å²) in [5.41, 5.74) is 1.07. The van der Waals surface area contributed by atoms with Crippen molar-refractivity contribution in [3.63, 3.8) is 0 Å². The van der Waals surface area contributed by atoms with Crippen LogP contribution in [-0.4, -0.2) is 29.7 Å². The number of rotatable bonds is 5. The standard InChI is InChI=1S/C24H22N2O4/c27-23(18-8-10-22(11-9-18)30-21-6-2-1-3-7-21)20-5-4-14-25(17-20)24(28)19-12-15-26(29)16-13-19/h1-3,6-13,15-16,20H,4-5,14,17H2/t20-/m0/s1. The molecule has 0 bridgehead atoms. The highest BCUT2D eigenvalue weighted by molar-refractivity contribution is 5.99. The number of nitrogens with zero attached hydrogens (tertiary/aromatic N) is 2. The SMILES string of the molecule is O=C(c1ccc(Oc2ccccc2)cc1)[C@H]1CCCN(C(=O)c2cc[n+]([O-])cc2)C1. The van der Waals surface area contributed by atoms with E-state index in [1.165, 1.54) is 24.5 Å². The molecule has 1 saturated heterocycles. The quantitative estimate of drug-likeness (QED) is 0.369. The molecule has 0 saturated carbocycles. The third-order valence-electron chi connectivity index (χ3n) is 5.25. The number of hydrogen-bond acceptors (Lipinski definition) is 4. The van der Waals surface area contributed by atoms with Crippen LogP contribution < -0.4 is 9.47 Å². The number of carbonyl (C=O) groups excluding carboxylic acids is 2. The Balaban J connectivity index is 1.41. The number of benzene rings is 2. The van der Waals surface area contributed by atoms with E-state index in [1.54, 1.807) is 29.2 Å². The number of pyridine rings is 1. The predicted octanol–water partition coefficient (Wildman–Crippen LogP) is 3.85. The van der Waals surface area contributed by atoms with Gasteiger partial charge < -0.3 is 14.8 Å². The summed E-state index contributed by atoms with van der Waals surface area (Å²) in [6.45, 7) is 0.991. The number of amides is 1. The highest BCUT2D eigenvalue weighted by atomic mass is 16.5. The molecule has 1 fully saturated rings. The molecule has 0 radical (unpaired) electrons. The Labute approximate surface area is 174 Å². The lowest BCUT2D eigenvalue weighted by Gasteiger charge is -2.32. The number of para-hydroxylation sites is 1. The highest BCUT2D eigenvalue weighted by Crippen LogP contribution is 2.25. The molecular weight excluding hydrogens is 380 g/mol. The van der Waals surface area contributed by atoms with Crippen LogP contribution in [0, 0.1) is 11.1 Å². The summed E-state index contributed by atoms with van der Waals surface area (Å²) in [7, 11) is 0. The zero-order valence-electron chi connectivity index (χ0n) is 16.4. The minimum atomic E-state index is -0.239. The van der Waals surface area contributed by atoms with Crippen molar-refractivity contribution in [2.45, 2.75) is 12.8 Å². The van der Waals surface area contributed by atoms with E-state index in [9.17, 15) is 14.8 Å². The number of ketones is 1. The van der Waals surface area contributed by atoms with E-state index in [4.69, 9.17) is 4.74 Å². The van der Waals surface area contributed by atoms with Crippen LogP contribution in [0.15, 0.2) is 79.1 Å². The molecule has 0 N–H and O–H groups in total. The smallest absolute Gasteiger partial charge is 0.254 e. The average molecular weight is 402 g/mol. The van der Waals surface area contributed by atoms with Gasteiger partial charge in [-0.2, -0.15) is 4.73 Å². The maximum absolute atomic E-state index is 13.0. The minimum Gasteiger partial charge on any atom is -0.619 e. The Bertz CT molecular complexity index is 1020. The lowest BCUT2D eigenvalue weighted by molar-refractivity contribution is -0.605. The van der Waals surface area contributed by atoms with Crippen LogP contribution in [0.5, 0.6) is 11.5 Å². The van der Waals surface area contributed by atoms with Crippen LogP contribution in [0.2, 0.25) is 0 Å². The number of hydrogen-bond donors (Lipinski definition) is 0. The summed E-state index contributed by atoms with van der Waals surface area (Å²) in [6, 6.07) is 19.6. The van der Waals surface area contributed by atoms with Crippen molar-refractivity contribution in [2.24, 2.45) is 5.92 Å². The number of aromatic nitrogens is 1. The van der Waals surface area contributed by atoms with E-state index in [0.29, 0.717) is 34.7 Å². The second-order valence-electron chi connectivity index (χ2n) is 7.34. The van der Waals surface area contributed by atoms with Gasteiger partial charge >= 0.3 is 0 Å². The largest absolute Gasteiger partial charge is 0.619 e. The van der Waals surface area contributed by atoms with Crippen molar-refractivity contribution < 1.29 is 19.1 Å². The van der Waals surface area contributed by atoms with Gasteiger partial charge in [-0.1, -0.05) is 18.2 Å². The van der Waals surface area contributed by atoms with Gasteiger partial charge in [0.2, 0.25) is 0 Å². The zero-order chi connectivity index (χ0) is 20.9. The van der Waals surface area contributed by atoms with Crippen LogP contribution in [0.4, 0.5) is 0 Å². The summed E-state index contributed by atoms with van der Waals surface area (Å²) < 4.78 is 6.42. The molecule has 6 heteroatoms. The van der Waals surface area contributed by atoms with Crippen molar-refractivity contribution >= 4 is 11.7 Å². The summed E-state index contributed by atoms with van der Waals surface area (Å²) in [5, 5.41) is 11.2. The van der Waals surface area contributed by atoms with E-state index in [1.807, 2.05) is 30.3 Å². The first-order valence-corrected chi connectivity index (χ1v) is 9.95. The topological polar surface area (TPSA) is 73.5 Å². The summed E-state index contributed by atoms with van der Waals surface area (Å²) in [4.78, 5) is 27.4. The molecule has 1 atom stereocenters. The maximum atomic E-state index is 13.0. The summed E-state index contributed by atoms with van der Waals surface area (Å²) in [5.74, 6) is 1.04. The molecule has 152 valence electrons. The van der Waals surface area contributed by atoms with E-state index < -0.39 is 0 Å². The Hall–Kier alpha value is -3.67. The number of piperidine rings is 1. The second-order valence-corrected chi connectivity index (χ2v) is 7.34. The van der Waals surface area contributed by atoms with Crippen LogP contribution in [0.3, 0.4) is 0 Å². The van der Waals surface area contributed by atoms with E-state index in [0.717, 1.165) is 18.6 Å². The molecule has 2 heterocycles. The highest BCUT2D eigenvalue weighted by Gasteiger charge is 2.29. The van der Waals surface area contributed by atoms with Crippen LogP contribution in [-0.2, 0) is 0 Å². The average Bonchev–Trinajstić information content (AvgIpc) is 2.80. The van der Waals surface area contributed by atoms with Gasteiger partial charge in [0.05, 0.1) is 5.56 Å². The van der Waals surface area contributed by atoms with Gasteiger partial charge in [0.1, 0.15) is 11.5 Å². The molecular formula is C24H22N2O4. The minimum absolute atomic E-state index is 0.0317. The molecule has 1 amide bonds. The van der Waals surface area contributed by atoms with Gasteiger partial charge in [0.25, 0.3) is 5.91 Å². The number of likely N-dealkylation sites (tertiary alicyclic amines) is 1. The van der Waals surface area contributed by atoms with Crippen molar-refractivity contribution in [1.82, 2.24) is 4.90 Å². The van der Waals surface area contributed by atoms with Crippen molar-refractivity contribution in [3.05, 3.63) is 95.5 Å². The van der Waals surface area contributed by atoms with Crippen LogP contribution in [0.25, 0.3) is 0 Å². The van der Waals surface area contributed by atoms with Gasteiger partial charge in [-0.15, -0.1) is 0 Å². The van der Waals surface area contributed by atoms with Gasteiger partial charge in [-0.3, -0.25) is 9.59 Å². The third kappa shape index (κ3) is 4.49. The van der Waals surface area contributed by atoms with E-state index in [-0.39, 0.29) is 17.6 Å². The Kier molecular flexibility index (Phi) is 5.75. The molecule has 4 rings (SSSR count). The fraction of sp³-hybridized carbons (Fsp3) is 0.208. The monoisotopic (exact) mass is 402 g/mol. The van der Waals surface area contributed by atoms with Crippen molar-refractivity contribution in [1.29, 1.82) is 0 Å². The van der Waals surface area contributed by atoms with E-state index >= 15 is 0 Å². The lowest BCUT2D eigenvalue weighted by Crippen LogP contribution is -2.42. The van der Waals surface area contributed by atoms with E-state index in [2.05, 4.69) is 0 Å². The molecule has 0 aliphatic carbocycles. The fourth-order valence-electron chi connectivity index (χ4n) is 3.66. The Morgan fingerprint density at radius 1 is 0.900 bits per heavy atom. The maximum Gasteiger partial charge on any atom is 0.254 e. The molecule has 0 spiro atoms. The van der Waals surface area contributed by atoms with Gasteiger partial charge in [-0.25, -0.2) is 0 Å². The number of carbonyl (C=O) groups is 2. The van der Waals surface area contributed by atoms with Gasteiger partial charge in [-0.05, 0) is 49.2 Å². The Morgan fingerprint density at radius 2 is 1.57 bits per heavy atom. The predicted molar refractivity (Wildman–Crippen MR) is 111 cm³/mol. The summed E-state index contributed by atoms with van der Waals surface area (Å²) in [6.07, 6.45) is 4.13. The second kappa shape index (κ2) is 8.78. The molecule has 2 aromatic carbocycles. The zero-order valence-corrected chi connectivity index (χ0v) is 16.4. The fourth-order valence-corrected chi connectivity index (χ4v) is 3.66. The van der Waals surface area contributed by atoms with Crippen LogP contribution >= 0.6 is 0 Å². The van der Waals surface area contributed by atoms with Crippen molar-refractivity contribution in [3.8, 4) is 11.5 Å². The van der Waals surface area contributed by atoms with Crippen LogP contribution in [0.1, 0.15) is 33.6 Å². The van der Waals surface area contributed by atoms with Crippen molar-refractivity contribution in [2.75, 3.05) is 13.1 Å². The van der Waals surface area contributed by atoms with Gasteiger partial charge in [0, 0.05) is 36.7 Å². The Morgan fingerprint density at radius 3 is 2.27 bits per heavy atom. The molecule has 6 nitrogen and oxygen atoms in total. The third-order valence-corrected chi connectivity index (χ3v) is 5.25. The first-order chi connectivity index (χ1) is 14.6. The van der Waals surface area contributed by atoms with Gasteiger partial charge in [0.15, 0.2) is 18.2 Å².